The van der Waals surface area contributed by atoms with Gasteiger partial charge in [0.2, 0.25) is 11.8 Å². The number of anilines is 1. The number of rotatable bonds is 12. The zero-order chi connectivity index (χ0) is 27.0. The molecular weight excluding hydrogens is 476 g/mol. The number of nitrogens with one attached hydrogen (secondary N) is 1. The number of carbonyl (C=O) groups is 2. The van der Waals surface area contributed by atoms with Gasteiger partial charge in [-0.25, -0.2) is 4.31 Å². The molecule has 0 saturated carbocycles. The summed E-state index contributed by atoms with van der Waals surface area (Å²) in [4.78, 5) is 28.1. The summed E-state index contributed by atoms with van der Waals surface area (Å²) < 4.78 is 28.9. The van der Waals surface area contributed by atoms with Crippen LogP contribution < -0.4 is 9.62 Å². The number of carbonyl (C=O) groups excluding carboxylic acids is 2. The van der Waals surface area contributed by atoms with Gasteiger partial charge < -0.3 is 10.2 Å². The summed E-state index contributed by atoms with van der Waals surface area (Å²) in [7, 11) is -1.10. The van der Waals surface area contributed by atoms with Crippen molar-refractivity contribution < 1.29 is 18.0 Å². The summed E-state index contributed by atoms with van der Waals surface area (Å²) >= 11 is 0. The van der Waals surface area contributed by atoms with Gasteiger partial charge in [0.15, 0.2) is 0 Å². The number of amides is 2. The third-order valence-corrected chi connectivity index (χ3v) is 7.79. The molecule has 198 valence electrons. The minimum Gasteiger partial charge on any atom is -0.354 e. The molecule has 0 heterocycles. The van der Waals surface area contributed by atoms with Crippen LogP contribution in [0.3, 0.4) is 0 Å². The monoisotopic (exact) mass is 516 g/mol. The van der Waals surface area contributed by atoms with E-state index < -0.39 is 28.7 Å². The Labute approximate surface area is 216 Å². The summed E-state index contributed by atoms with van der Waals surface area (Å²) in [5, 5.41) is 2.89. The molecular formula is C27H40N4O4S. The molecule has 36 heavy (non-hydrogen) atoms. The molecule has 0 saturated heterocycles. The largest absolute Gasteiger partial charge is 0.354 e. The van der Waals surface area contributed by atoms with Crippen LogP contribution in [0, 0.1) is 19.8 Å². The van der Waals surface area contributed by atoms with E-state index >= 15 is 0 Å². The Bertz CT molecular complexity index is 1130. The summed E-state index contributed by atoms with van der Waals surface area (Å²) in [6.45, 7) is 9.72. The first kappa shape index (κ1) is 29.3. The van der Waals surface area contributed by atoms with Crippen LogP contribution in [0.25, 0.3) is 0 Å². The molecule has 8 nitrogen and oxygen atoms in total. The van der Waals surface area contributed by atoms with Crippen molar-refractivity contribution in [2.24, 2.45) is 5.92 Å². The molecule has 0 fully saturated rings. The first-order valence-electron chi connectivity index (χ1n) is 12.2. The molecule has 2 rings (SSSR count). The normalized spacial score (nSPS) is 12.5. The molecule has 0 aliphatic carbocycles. The average Bonchev–Trinajstić information content (AvgIpc) is 2.83. The van der Waals surface area contributed by atoms with E-state index in [1.54, 1.807) is 13.0 Å². The van der Waals surface area contributed by atoms with Gasteiger partial charge in [-0.1, -0.05) is 56.3 Å². The summed E-state index contributed by atoms with van der Waals surface area (Å²) in [5.41, 5.74) is 3.08. The summed E-state index contributed by atoms with van der Waals surface area (Å²) in [6.07, 6.45) is 0.540. The second kappa shape index (κ2) is 12.9. The van der Waals surface area contributed by atoms with E-state index in [2.05, 4.69) is 5.32 Å². The number of hydrogen-bond donors (Lipinski definition) is 1. The van der Waals surface area contributed by atoms with Gasteiger partial charge >= 0.3 is 10.2 Å². The van der Waals surface area contributed by atoms with E-state index in [0.717, 1.165) is 25.3 Å². The standard InChI is InChI=1S/C27H40N4O4S/c1-20(2)18-28-27(33)23(5)30(16-15-24-11-9-8-10-12-24)26(32)19-31(36(34,35)29(6)7)25-17-21(3)13-14-22(25)4/h8-14,17,20,23H,15-16,18-19H2,1-7H3,(H,28,33). The second-order valence-electron chi connectivity index (χ2n) is 9.72. The fraction of sp³-hybridized carbons (Fsp3) is 0.481. The van der Waals surface area contributed by atoms with Crippen molar-refractivity contribution in [2.75, 3.05) is 38.0 Å². The highest BCUT2D eigenvalue weighted by Gasteiger charge is 2.33. The Morgan fingerprint density at radius 3 is 2.19 bits per heavy atom. The van der Waals surface area contributed by atoms with Gasteiger partial charge in [-0.05, 0) is 55.9 Å². The zero-order valence-corrected chi connectivity index (χ0v) is 23.3. The molecule has 0 aliphatic heterocycles. The number of hydrogen-bond acceptors (Lipinski definition) is 4. The van der Waals surface area contributed by atoms with E-state index in [4.69, 9.17) is 0 Å². The van der Waals surface area contributed by atoms with Crippen LogP contribution in [0.2, 0.25) is 0 Å². The maximum atomic E-state index is 13.7. The topological polar surface area (TPSA) is 90.0 Å². The number of aryl methyl sites for hydroxylation is 2. The van der Waals surface area contributed by atoms with Crippen molar-refractivity contribution in [1.29, 1.82) is 0 Å². The molecule has 2 amide bonds. The SMILES string of the molecule is Cc1ccc(C)c(N(CC(=O)N(CCc2ccccc2)C(C)C(=O)NCC(C)C)S(=O)(=O)N(C)C)c1. The van der Waals surface area contributed by atoms with Gasteiger partial charge in [0, 0.05) is 27.2 Å². The van der Waals surface area contributed by atoms with Gasteiger partial charge in [0.25, 0.3) is 0 Å². The van der Waals surface area contributed by atoms with E-state index in [-0.39, 0.29) is 18.4 Å². The zero-order valence-electron chi connectivity index (χ0n) is 22.5. The minimum absolute atomic E-state index is 0.264. The first-order chi connectivity index (χ1) is 16.8. The maximum absolute atomic E-state index is 13.7. The van der Waals surface area contributed by atoms with Crippen LogP contribution >= 0.6 is 0 Å². The van der Waals surface area contributed by atoms with E-state index in [9.17, 15) is 18.0 Å². The van der Waals surface area contributed by atoms with Crippen LogP contribution in [0.1, 0.15) is 37.5 Å². The minimum atomic E-state index is -3.98. The molecule has 0 aromatic heterocycles. The Morgan fingerprint density at radius 1 is 0.972 bits per heavy atom. The molecule has 2 aromatic carbocycles. The van der Waals surface area contributed by atoms with Gasteiger partial charge in [0.05, 0.1) is 5.69 Å². The van der Waals surface area contributed by atoms with Gasteiger partial charge in [-0.2, -0.15) is 12.7 Å². The van der Waals surface area contributed by atoms with Crippen LogP contribution in [0.5, 0.6) is 0 Å². The molecule has 1 unspecified atom stereocenters. The fourth-order valence-electron chi connectivity index (χ4n) is 3.71. The highest BCUT2D eigenvalue weighted by Crippen LogP contribution is 2.25. The number of nitrogens with zero attached hydrogens (tertiary/aromatic N) is 3. The molecule has 0 aliphatic rings. The Hall–Kier alpha value is -2.91. The van der Waals surface area contributed by atoms with E-state index in [1.165, 1.54) is 19.0 Å². The number of benzene rings is 2. The Kier molecular flexibility index (Phi) is 10.5. The highest BCUT2D eigenvalue weighted by molar-refractivity contribution is 7.90. The smallest absolute Gasteiger partial charge is 0.304 e. The third kappa shape index (κ3) is 7.80. The third-order valence-electron chi connectivity index (χ3n) is 5.99. The molecule has 1 N–H and O–H groups in total. The van der Waals surface area contributed by atoms with Crippen LogP contribution in [0.15, 0.2) is 48.5 Å². The average molecular weight is 517 g/mol. The lowest BCUT2D eigenvalue weighted by molar-refractivity contribution is -0.138. The van der Waals surface area contributed by atoms with E-state index in [1.807, 2.05) is 70.2 Å². The van der Waals surface area contributed by atoms with Gasteiger partial charge in [0.1, 0.15) is 12.6 Å². The van der Waals surface area contributed by atoms with Crippen molar-refractivity contribution in [3.8, 4) is 0 Å². The van der Waals surface area contributed by atoms with Crippen molar-refractivity contribution in [3.63, 3.8) is 0 Å². The van der Waals surface area contributed by atoms with Crippen molar-refractivity contribution in [3.05, 3.63) is 65.2 Å². The molecule has 0 bridgehead atoms. The highest BCUT2D eigenvalue weighted by atomic mass is 32.2. The lowest BCUT2D eigenvalue weighted by Gasteiger charge is -2.33. The second-order valence-corrected chi connectivity index (χ2v) is 11.8. The molecule has 1 atom stereocenters. The van der Waals surface area contributed by atoms with Crippen molar-refractivity contribution in [1.82, 2.24) is 14.5 Å². The lowest BCUT2D eigenvalue weighted by Crippen LogP contribution is -2.53. The van der Waals surface area contributed by atoms with Gasteiger partial charge in [-0.3, -0.25) is 9.59 Å². The molecule has 9 heteroatoms. The predicted octanol–water partition coefficient (Wildman–Crippen LogP) is 3.15. The quantitative estimate of drug-likeness (QED) is 0.469. The molecule has 0 spiro atoms. The van der Waals surface area contributed by atoms with Crippen molar-refractivity contribution in [2.45, 2.75) is 47.1 Å². The van der Waals surface area contributed by atoms with E-state index in [0.29, 0.717) is 18.7 Å². The molecule has 2 aromatic rings. The first-order valence-corrected chi connectivity index (χ1v) is 13.6. The van der Waals surface area contributed by atoms with Crippen LogP contribution in [-0.4, -0.2) is 69.2 Å². The maximum Gasteiger partial charge on any atom is 0.304 e. The summed E-state index contributed by atoms with van der Waals surface area (Å²) in [6, 6.07) is 14.4. The van der Waals surface area contributed by atoms with Crippen LogP contribution in [-0.2, 0) is 26.2 Å². The van der Waals surface area contributed by atoms with Crippen molar-refractivity contribution >= 4 is 27.7 Å². The molecule has 0 radical (unpaired) electrons. The Balaban J connectivity index is 2.41. The Morgan fingerprint density at radius 2 is 1.61 bits per heavy atom. The lowest BCUT2D eigenvalue weighted by atomic mass is 10.1. The fourth-order valence-corrected chi connectivity index (χ4v) is 4.83. The van der Waals surface area contributed by atoms with Crippen LogP contribution in [0.4, 0.5) is 5.69 Å². The predicted molar refractivity (Wildman–Crippen MR) is 145 cm³/mol. The summed E-state index contributed by atoms with van der Waals surface area (Å²) in [5.74, 6) is -0.442. The van der Waals surface area contributed by atoms with Gasteiger partial charge in [-0.15, -0.1) is 0 Å².